The molecule has 0 aliphatic rings. The standard InChI is InChI=1S/C13H15NO2/c1-3-11(2)10-13-7-5-4-6-12(13)8-9-14(15)16/h3-9H,10H2,1-2H3/b9-8+,11-3+. The van der Waals surface area contributed by atoms with Crippen LogP contribution in [0.3, 0.4) is 0 Å². The summed E-state index contributed by atoms with van der Waals surface area (Å²) in [6.07, 6.45) is 5.39. The van der Waals surface area contributed by atoms with E-state index in [9.17, 15) is 10.1 Å². The summed E-state index contributed by atoms with van der Waals surface area (Å²) in [7, 11) is 0. The summed E-state index contributed by atoms with van der Waals surface area (Å²) in [6, 6.07) is 7.71. The van der Waals surface area contributed by atoms with E-state index in [1.807, 2.05) is 44.2 Å². The summed E-state index contributed by atoms with van der Waals surface area (Å²) in [4.78, 5) is 9.82. The van der Waals surface area contributed by atoms with Gasteiger partial charge in [-0.3, -0.25) is 10.1 Å². The van der Waals surface area contributed by atoms with Crippen LogP contribution in [-0.4, -0.2) is 4.92 Å². The quantitative estimate of drug-likeness (QED) is 0.440. The van der Waals surface area contributed by atoms with Crippen molar-refractivity contribution < 1.29 is 4.92 Å². The molecule has 0 fully saturated rings. The van der Waals surface area contributed by atoms with E-state index < -0.39 is 4.92 Å². The molecule has 0 bridgehead atoms. The van der Waals surface area contributed by atoms with Gasteiger partial charge in [0.2, 0.25) is 6.20 Å². The highest BCUT2D eigenvalue weighted by atomic mass is 16.6. The number of nitro groups is 1. The van der Waals surface area contributed by atoms with E-state index in [4.69, 9.17) is 0 Å². The summed E-state index contributed by atoms with van der Waals surface area (Å²) in [5.74, 6) is 0. The van der Waals surface area contributed by atoms with E-state index in [1.165, 1.54) is 11.6 Å². The minimum atomic E-state index is -0.445. The van der Waals surface area contributed by atoms with E-state index in [2.05, 4.69) is 0 Å². The predicted octanol–water partition coefficient (Wildman–Crippen LogP) is 3.44. The maximum Gasteiger partial charge on any atom is 0.235 e. The first-order valence-electron chi connectivity index (χ1n) is 5.15. The van der Waals surface area contributed by atoms with Crippen molar-refractivity contribution in [1.82, 2.24) is 0 Å². The van der Waals surface area contributed by atoms with Crippen LogP contribution in [0, 0.1) is 10.1 Å². The maximum atomic E-state index is 10.3. The SMILES string of the molecule is C/C=C(\C)Cc1ccccc1/C=C/[N+](=O)[O-]. The average molecular weight is 217 g/mol. The van der Waals surface area contributed by atoms with Gasteiger partial charge in [-0.25, -0.2) is 0 Å². The smallest absolute Gasteiger partial charge is 0.235 e. The molecule has 0 saturated carbocycles. The number of nitrogens with zero attached hydrogens (tertiary/aromatic N) is 1. The van der Waals surface area contributed by atoms with Gasteiger partial charge in [-0.2, -0.15) is 0 Å². The average Bonchev–Trinajstić information content (AvgIpc) is 2.27. The summed E-state index contributed by atoms with van der Waals surface area (Å²) in [5.41, 5.74) is 3.26. The Morgan fingerprint density at radius 1 is 1.44 bits per heavy atom. The van der Waals surface area contributed by atoms with Gasteiger partial charge in [0.1, 0.15) is 0 Å². The van der Waals surface area contributed by atoms with Crippen LogP contribution < -0.4 is 0 Å². The van der Waals surface area contributed by atoms with Crippen LogP contribution in [0.5, 0.6) is 0 Å². The molecule has 1 aromatic rings. The Bertz CT molecular complexity index is 433. The molecule has 16 heavy (non-hydrogen) atoms. The van der Waals surface area contributed by atoms with Crippen molar-refractivity contribution in [3.63, 3.8) is 0 Å². The van der Waals surface area contributed by atoms with Crippen LogP contribution in [0.4, 0.5) is 0 Å². The highest BCUT2D eigenvalue weighted by Gasteiger charge is 2.00. The molecule has 1 rings (SSSR count). The first-order chi connectivity index (χ1) is 7.63. The normalized spacial score (nSPS) is 12.0. The summed E-state index contributed by atoms with van der Waals surface area (Å²) < 4.78 is 0. The molecule has 0 atom stereocenters. The Morgan fingerprint density at radius 3 is 2.75 bits per heavy atom. The minimum Gasteiger partial charge on any atom is -0.259 e. The molecule has 0 amide bonds. The number of benzene rings is 1. The van der Waals surface area contributed by atoms with Gasteiger partial charge in [0.25, 0.3) is 0 Å². The van der Waals surface area contributed by atoms with E-state index in [1.54, 1.807) is 0 Å². The molecule has 0 radical (unpaired) electrons. The lowest BCUT2D eigenvalue weighted by Crippen LogP contribution is -1.91. The Hall–Kier alpha value is -1.90. The zero-order valence-electron chi connectivity index (χ0n) is 9.51. The predicted molar refractivity (Wildman–Crippen MR) is 65.6 cm³/mol. The molecule has 0 aromatic heterocycles. The number of allylic oxidation sites excluding steroid dienone is 2. The summed E-state index contributed by atoms with van der Waals surface area (Å²) >= 11 is 0. The molecule has 1 aromatic carbocycles. The van der Waals surface area contributed by atoms with Gasteiger partial charge in [0.05, 0.1) is 4.92 Å². The second-order valence-electron chi connectivity index (χ2n) is 3.61. The zero-order chi connectivity index (χ0) is 12.0. The zero-order valence-corrected chi connectivity index (χ0v) is 9.51. The van der Waals surface area contributed by atoms with Gasteiger partial charge >= 0.3 is 0 Å². The van der Waals surface area contributed by atoms with Gasteiger partial charge < -0.3 is 0 Å². The van der Waals surface area contributed by atoms with E-state index >= 15 is 0 Å². The molecule has 0 spiro atoms. The van der Waals surface area contributed by atoms with Crippen LogP contribution in [0.1, 0.15) is 25.0 Å². The second-order valence-corrected chi connectivity index (χ2v) is 3.61. The van der Waals surface area contributed by atoms with Gasteiger partial charge in [-0.15, -0.1) is 0 Å². The topological polar surface area (TPSA) is 43.1 Å². The third-order valence-corrected chi connectivity index (χ3v) is 2.39. The molecule has 0 saturated heterocycles. The van der Waals surface area contributed by atoms with Crippen molar-refractivity contribution >= 4 is 6.08 Å². The third-order valence-electron chi connectivity index (χ3n) is 2.39. The fraction of sp³-hybridized carbons (Fsp3) is 0.231. The Labute approximate surface area is 95.3 Å². The van der Waals surface area contributed by atoms with Gasteiger partial charge in [-0.1, -0.05) is 35.9 Å². The molecule has 0 heterocycles. The Balaban J connectivity index is 2.96. The largest absolute Gasteiger partial charge is 0.259 e. The fourth-order valence-corrected chi connectivity index (χ4v) is 1.40. The van der Waals surface area contributed by atoms with Crippen LogP contribution in [-0.2, 0) is 6.42 Å². The van der Waals surface area contributed by atoms with Crippen molar-refractivity contribution in [3.8, 4) is 0 Å². The van der Waals surface area contributed by atoms with Gasteiger partial charge in [-0.05, 0) is 31.4 Å². The monoisotopic (exact) mass is 217 g/mol. The van der Waals surface area contributed by atoms with Gasteiger partial charge in [0.15, 0.2) is 0 Å². The summed E-state index contributed by atoms with van der Waals surface area (Å²) in [6.45, 7) is 4.04. The van der Waals surface area contributed by atoms with E-state index in [0.29, 0.717) is 0 Å². The minimum absolute atomic E-state index is 0.445. The van der Waals surface area contributed by atoms with Crippen LogP contribution in [0.25, 0.3) is 6.08 Å². The molecular formula is C13H15NO2. The van der Waals surface area contributed by atoms with Crippen LogP contribution in [0.15, 0.2) is 42.1 Å². The summed E-state index contributed by atoms with van der Waals surface area (Å²) in [5, 5.41) is 10.3. The van der Waals surface area contributed by atoms with Crippen molar-refractivity contribution in [2.45, 2.75) is 20.3 Å². The number of rotatable bonds is 4. The van der Waals surface area contributed by atoms with Crippen molar-refractivity contribution in [2.24, 2.45) is 0 Å². The molecule has 0 N–H and O–H groups in total. The van der Waals surface area contributed by atoms with Crippen LogP contribution >= 0.6 is 0 Å². The van der Waals surface area contributed by atoms with Crippen molar-refractivity contribution in [1.29, 1.82) is 0 Å². The molecule has 3 heteroatoms. The Morgan fingerprint density at radius 2 is 2.12 bits per heavy atom. The van der Waals surface area contributed by atoms with Crippen LogP contribution in [0.2, 0.25) is 0 Å². The van der Waals surface area contributed by atoms with Gasteiger partial charge in [0, 0.05) is 6.08 Å². The molecular weight excluding hydrogens is 202 g/mol. The second kappa shape index (κ2) is 5.85. The first-order valence-corrected chi connectivity index (χ1v) is 5.15. The number of hydrogen-bond donors (Lipinski definition) is 0. The Kier molecular flexibility index (Phi) is 4.45. The highest BCUT2D eigenvalue weighted by molar-refractivity contribution is 5.53. The molecule has 3 nitrogen and oxygen atoms in total. The van der Waals surface area contributed by atoms with E-state index in [0.717, 1.165) is 23.7 Å². The number of hydrogen-bond acceptors (Lipinski definition) is 2. The lowest BCUT2D eigenvalue weighted by molar-refractivity contribution is -0.400. The highest BCUT2D eigenvalue weighted by Crippen LogP contribution is 2.15. The fourth-order valence-electron chi connectivity index (χ4n) is 1.40. The molecule has 0 unspecified atom stereocenters. The molecule has 0 aliphatic carbocycles. The lowest BCUT2D eigenvalue weighted by atomic mass is 10.0. The van der Waals surface area contributed by atoms with Crippen molar-refractivity contribution in [3.05, 3.63) is 63.4 Å². The molecule has 84 valence electrons. The maximum absolute atomic E-state index is 10.3. The first kappa shape index (κ1) is 12.2. The van der Waals surface area contributed by atoms with E-state index in [-0.39, 0.29) is 0 Å². The molecule has 0 aliphatic heterocycles. The van der Waals surface area contributed by atoms with Crippen molar-refractivity contribution in [2.75, 3.05) is 0 Å². The lowest BCUT2D eigenvalue weighted by Gasteiger charge is -2.05. The third kappa shape index (κ3) is 3.69.